The predicted octanol–water partition coefficient (Wildman–Crippen LogP) is 4.58. The van der Waals surface area contributed by atoms with E-state index < -0.39 is 0 Å². The number of rotatable bonds is 3. The van der Waals surface area contributed by atoms with Crippen LogP contribution in [0.1, 0.15) is 16.8 Å². The van der Waals surface area contributed by atoms with Crippen LogP contribution >= 0.6 is 23.2 Å². The Balaban J connectivity index is 2.11. The second-order valence-electron chi connectivity index (χ2n) is 4.10. The van der Waals surface area contributed by atoms with Crippen molar-refractivity contribution in [2.45, 2.75) is 20.5 Å². The molecule has 0 unspecified atom stereocenters. The monoisotopic (exact) mass is 281 g/mol. The highest BCUT2D eigenvalue weighted by Gasteiger charge is 2.05. The minimum atomic E-state index is 0.307. The molecule has 2 nitrogen and oxygen atoms in total. The number of aromatic nitrogens is 1. The number of hydrogen-bond donors (Lipinski definition) is 0. The molecule has 0 aliphatic heterocycles. The molecule has 0 amide bonds. The first-order valence-electron chi connectivity index (χ1n) is 5.57. The lowest BCUT2D eigenvalue weighted by Crippen LogP contribution is -1.99. The highest BCUT2D eigenvalue weighted by molar-refractivity contribution is 6.32. The van der Waals surface area contributed by atoms with Crippen LogP contribution in [-0.2, 0) is 6.61 Å². The first-order chi connectivity index (χ1) is 8.56. The van der Waals surface area contributed by atoms with Gasteiger partial charge >= 0.3 is 0 Å². The summed E-state index contributed by atoms with van der Waals surface area (Å²) in [6, 6.07) is 9.33. The second kappa shape index (κ2) is 5.59. The number of nitrogens with zero attached hydrogens (tertiary/aromatic N) is 1. The Morgan fingerprint density at radius 2 is 1.83 bits per heavy atom. The minimum Gasteiger partial charge on any atom is -0.487 e. The molecule has 18 heavy (non-hydrogen) atoms. The Morgan fingerprint density at radius 3 is 2.56 bits per heavy atom. The largest absolute Gasteiger partial charge is 0.487 e. The number of aryl methyl sites for hydroxylation is 2. The molecule has 4 heteroatoms. The van der Waals surface area contributed by atoms with Crippen molar-refractivity contribution >= 4 is 23.2 Å². The zero-order chi connectivity index (χ0) is 13.1. The van der Waals surface area contributed by atoms with E-state index in [2.05, 4.69) is 11.9 Å². The predicted molar refractivity (Wildman–Crippen MR) is 74.5 cm³/mol. The van der Waals surface area contributed by atoms with E-state index in [1.807, 2.05) is 25.1 Å². The van der Waals surface area contributed by atoms with Crippen LogP contribution in [0.3, 0.4) is 0 Å². The molecule has 1 heterocycles. The Morgan fingerprint density at radius 1 is 1.06 bits per heavy atom. The topological polar surface area (TPSA) is 22.1 Å². The molecule has 0 spiro atoms. The number of halogens is 2. The van der Waals surface area contributed by atoms with E-state index in [1.165, 1.54) is 11.1 Å². The molecule has 0 aliphatic rings. The summed E-state index contributed by atoms with van der Waals surface area (Å²) in [6.07, 6.45) is 0. The van der Waals surface area contributed by atoms with Gasteiger partial charge in [0.05, 0.1) is 10.7 Å². The lowest BCUT2D eigenvalue weighted by molar-refractivity contribution is 0.301. The molecule has 0 N–H and O–H groups in total. The van der Waals surface area contributed by atoms with Crippen LogP contribution in [0.5, 0.6) is 5.75 Å². The fourth-order valence-corrected chi connectivity index (χ4v) is 1.84. The maximum absolute atomic E-state index is 6.02. The van der Waals surface area contributed by atoms with Crippen molar-refractivity contribution < 1.29 is 4.74 Å². The highest BCUT2D eigenvalue weighted by Crippen LogP contribution is 2.21. The van der Waals surface area contributed by atoms with Crippen LogP contribution in [-0.4, -0.2) is 4.98 Å². The van der Waals surface area contributed by atoms with Gasteiger partial charge in [0.1, 0.15) is 17.5 Å². The van der Waals surface area contributed by atoms with Crippen molar-refractivity contribution in [3.63, 3.8) is 0 Å². The third kappa shape index (κ3) is 3.15. The molecule has 94 valence electrons. The molecule has 0 saturated carbocycles. The average Bonchev–Trinajstić information content (AvgIpc) is 2.34. The second-order valence-corrected chi connectivity index (χ2v) is 4.89. The number of hydrogen-bond acceptors (Lipinski definition) is 2. The SMILES string of the molecule is Cc1ccc(OCc2nc(Cl)ccc2Cl)cc1C. The van der Waals surface area contributed by atoms with Crippen molar-refractivity contribution in [3.8, 4) is 5.75 Å². The van der Waals surface area contributed by atoms with Gasteiger partial charge < -0.3 is 4.74 Å². The summed E-state index contributed by atoms with van der Waals surface area (Å²) in [6.45, 7) is 4.42. The lowest BCUT2D eigenvalue weighted by atomic mass is 10.1. The zero-order valence-electron chi connectivity index (χ0n) is 10.2. The Kier molecular flexibility index (Phi) is 4.10. The number of pyridine rings is 1. The van der Waals surface area contributed by atoms with Gasteiger partial charge in [-0.25, -0.2) is 4.98 Å². The van der Waals surface area contributed by atoms with E-state index >= 15 is 0 Å². The van der Waals surface area contributed by atoms with E-state index in [1.54, 1.807) is 12.1 Å². The molecule has 0 fully saturated rings. The standard InChI is InChI=1S/C14H13Cl2NO/c1-9-3-4-11(7-10(9)2)18-8-13-12(15)5-6-14(16)17-13/h3-7H,8H2,1-2H3. The molecular formula is C14H13Cl2NO. The summed E-state index contributed by atoms with van der Waals surface area (Å²) < 4.78 is 5.66. The van der Waals surface area contributed by atoms with Gasteiger partial charge in [-0.2, -0.15) is 0 Å². The minimum absolute atomic E-state index is 0.307. The lowest BCUT2D eigenvalue weighted by Gasteiger charge is -2.09. The average molecular weight is 282 g/mol. The Bertz CT molecular complexity index is 570. The number of benzene rings is 1. The Labute approximate surface area is 117 Å². The van der Waals surface area contributed by atoms with Crippen molar-refractivity contribution in [3.05, 3.63) is 57.3 Å². The zero-order valence-corrected chi connectivity index (χ0v) is 11.7. The summed E-state index contributed by atoms with van der Waals surface area (Å²) in [7, 11) is 0. The fraction of sp³-hybridized carbons (Fsp3) is 0.214. The van der Waals surface area contributed by atoms with Gasteiger partial charge in [0.25, 0.3) is 0 Å². The maximum Gasteiger partial charge on any atom is 0.132 e. The van der Waals surface area contributed by atoms with Gasteiger partial charge in [-0.3, -0.25) is 0 Å². The van der Waals surface area contributed by atoms with Gasteiger partial charge in [-0.05, 0) is 49.2 Å². The number of ether oxygens (including phenoxy) is 1. The van der Waals surface area contributed by atoms with Crippen molar-refractivity contribution in [1.29, 1.82) is 0 Å². The first kappa shape index (κ1) is 13.2. The molecule has 1 aromatic carbocycles. The summed E-state index contributed by atoms with van der Waals surface area (Å²) in [4.78, 5) is 4.14. The molecular weight excluding hydrogens is 269 g/mol. The van der Waals surface area contributed by atoms with Crippen molar-refractivity contribution in [2.24, 2.45) is 0 Å². The van der Waals surface area contributed by atoms with Gasteiger partial charge in [0.15, 0.2) is 0 Å². The van der Waals surface area contributed by atoms with Crippen molar-refractivity contribution in [1.82, 2.24) is 4.98 Å². The van der Waals surface area contributed by atoms with Crippen molar-refractivity contribution in [2.75, 3.05) is 0 Å². The van der Waals surface area contributed by atoms with Gasteiger partial charge in [0, 0.05) is 0 Å². The molecule has 0 radical (unpaired) electrons. The first-order valence-corrected chi connectivity index (χ1v) is 6.33. The van der Waals surface area contributed by atoms with Crippen LogP contribution in [0, 0.1) is 13.8 Å². The van der Waals surface area contributed by atoms with Crippen LogP contribution in [0.25, 0.3) is 0 Å². The molecule has 0 bridgehead atoms. The van der Waals surface area contributed by atoms with Crippen LogP contribution in [0.2, 0.25) is 10.2 Å². The smallest absolute Gasteiger partial charge is 0.132 e. The molecule has 0 atom stereocenters. The van der Waals surface area contributed by atoms with E-state index in [4.69, 9.17) is 27.9 Å². The molecule has 2 aromatic rings. The molecule has 0 aliphatic carbocycles. The van der Waals surface area contributed by atoms with Gasteiger partial charge in [-0.15, -0.1) is 0 Å². The Hall–Kier alpha value is -1.25. The van der Waals surface area contributed by atoms with E-state index in [0.29, 0.717) is 22.5 Å². The van der Waals surface area contributed by atoms with Crippen LogP contribution in [0.4, 0.5) is 0 Å². The van der Waals surface area contributed by atoms with Gasteiger partial charge in [-0.1, -0.05) is 29.3 Å². The maximum atomic E-state index is 6.02. The molecule has 1 aromatic heterocycles. The summed E-state index contributed by atoms with van der Waals surface area (Å²) in [5.41, 5.74) is 3.07. The quantitative estimate of drug-likeness (QED) is 0.768. The van der Waals surface area contributed by atoms with Gasteiger partial charge in [0.2, 0.25) is 0 Å². The summed E-state index contributed by atoms with van der Waals surface area (Å²) >= 11 is 11.8. The fourth-order valence-electron chi connectivity index (χ4n) is 1.51. The third-order valence-corrected chi connectivity index (χ3v) is 3.29. The third-order valence-electron chi connectivity index (χ3n) is 2.74. The molecule has 0 saturated heterocycles. The molecule has 2 rings (SSSR count). The highest BCUT2D eigenvalue weighted by atomic mass is 35.5. The van der Waals surface area contributed by atoms with Crippen LogP contribution < -0.4 is 4.74 Å². The summed E-state index contributed by atoms with van der Waals surface area (Å²) in [5.74, 6) is 0.802. The normalized spacial score (nSPS) is 10.4. The summed E-state index contributed by atoms with van der Waals surface area (Å²) in [5, 5.41) is 0.973. The van der Waals surface area contributed by atoms with E-state index in [9.17, 15) is 0 Å². The van der Waals surface area contributed by atoms with E-state index in [0.717, 1.165) is 5.75 Å². The van der Waals surface area contributed by atoms with Crippen LogP contribution in [0.15, 0.2) is 30.3 Å². The van der Waals surface area contributed by atoms with E-state index in [-0.39, 0.29) is 0 Å².